The van der Waals surface area contributed by atoms with E-state index in [-0.39, 0.29) is 0 Å². The van der Waals surface area contributed by atoms with Gasteiger partial charge in [0.1, 0.15) is 0 Å². The highest BCUT2D eigenvalue weighted by molar-refractivity contribution is 5.89. The van der Waals surface area contributed by atoms with Crippen LogP contribution in [0.25, 0.3) is 6.08 Å². The van der Waals surface area contributed by atoms with Gasteiger partial charge in [-0.1, -0.05) is 54.6 Å². The molecule has 2 aromatic carbocycles. The fourth-order valence-corrected chi connectivity index (χ4v) is 2.56. The zero-order chi connectivity index (χ0) is 18.2. The topological polar surface area (TPSA) is 59.4 Å². The summed E-state index contributed by atoms with van der Waals surface area (Å²) in [6.07, 6.45) is 4.44. The van der Waals surface area contributed by atoms with Crippen LogP contribution in [-0.4, -0.2) is 16.1 Å². The number of rotatable bonds is 6. The molecule has 1 atom stereocenters. The smallest absolute Gasteiger partial charge is 0.342 e. The van der Waals surface area contributed by atoms with E-state index in [2.05, 4.69) is 4.98 Å². The molecule has 3 aromatic rings. The number of nitrogens with zero attached hydrogens (tertiary/aromatic N) is 1. The number of aliphatic hydroxyl groups excluding tert-OH is 1. The number of carbonyl (C=O) groups is 1. The maximum atomic E-state index is 12.0. The third-order valence-electron chi connectivity index (χ3n) is 3.93. The Morgan fingerprint density at radius 2 is 1.69 bits per heavy atom. The third-order valence-corrected chi connectivity index (χ3v) is 3.93. The molecule has 1 aromatic heterocycles. The van der Waals surface area contributed by atoms with Gasteiger partial charge in [0.05, 0.1) is 23.6 Å². The minimum absolute atomic E-state index is 0.372. The zero-order valence-corrected chi connectivity index (χ0v) is 14.2. The van der Waals surface area contributed by atoms with Gasteiger partial charge < -0.3 is 9.84 Å². The van der Waals surface area contributed by atoms with Crippen molar-refractivity contribution in [2.24, 2.45) is 0 Å². The molecule has 1 N–H and O–H groups in total. The van der Waals surface area contributed by atoms with Crippen molar-refractivity contribution >= 4 is 12.0 Å². The SMILES string of the molecule is O=C(O/C=C/c1cccnc1CC(O)c1ccccc1)c1ccccc1. The van der Waals surface area contributed by atoms with Crippen LogP contribution in [0.1, 0.15) is 33.3 Å². The van der Waals surface area contributed by atoms with Crippen molar-refractivity contribution in [3.63, 3.8) is 0 Å². The summed E-state index contributed by atoms with van der Waals surface area (Å²) in [6.45, 7) is 0. The van der Waals surface area contributed by atoms with Crippen LogP contribution in [-0.2, 0) is 11.2 Å². The van der Waals surface area contributed by atoms with E-state index in [1.165, 1.54) is 6.26 Å². The fraction of sp³-hybridized carbons (Fsp3) is 0.0909. The number of ether oxygens (including phenoxy) is 1. The summed E-state index contributed by atoms with van der Waals surface area (Å²) in [7, 11) is 0. The number of benzene rings is 2. The van der Waals surface area contributed by atoms with Gasteiger partial charge in [-0.25, -0.2) is 4.79 Å². The minimum Gasteiger partial charge on any atom is -0.431 e. The van der Waals surface area contributed by atoms with Gasteiger partial charge >= 0.3 is 5.97 Å². The fourth-order valence-electron chi connectivity index (χ4n) is 2.56. The Kier molecular flexibility index (Phi) is 5.91. The lowest BCUT2D eigenvalue weighted by Crippen LogP contribution is -2.05. The van der Waals surface area contributed by atoms with Gasteiger partial charge in [0.25, 0.3) is 0 Å². The number of aromatic nitrogens is 1. The maximum Gasteiger partial charge on any atom is 0.342 e. The molecule has 0 aliphatic rings. The van der Waals surface area contributed by atoms with Crippen LogP contribution in [0.2, 0.25) is 0 Å². The van der Waals surface area contributed by atoms with Gasteiger partial charge in [-0.2, -0.15) is 0 Å². The van der Waals surface area contributed by atoms with Crippen LogP contribution in [0, 0.1) is 0 Å². The molecular formula is C22H19NO3. The average Bonchev–Trinajstić information content (AvgIpc) is 2.70. The molecule has 0 fully saturated rings. The number of esters is 1. The van der Waals surface area contributed by atoms with Gasteiger partial charge in [0.2, 0.25) is 0 Å². The van der Waals surface area contributed by atoms with Crippen molar-refractivity contribution in [2.45, 2.75) is 12.5 Å². The summed E-state index contributed by atoms with van der Waals surface area (Å²) < 4.78 is 5.17. The number of carbonyl (C=O) groups excluding carboxylic acids is 1. The molecule has 0 radical (unpaired) electrons. The lowest BCUT2D eigenvalue weighted by molar-refractivity contribution is 0.0665. The highest BCUT2D eigenvalue weighted by Gasteiger charge is 2.11. The molecule has 0 saturated carbocycles. The Hall–Kier alpha value is -3.24. The van der Waals surface area contributed by atoms with E-state index in [1.54, 1.807) is 42.6 Å². The van der Waals surface area contributed by atoms with Gasteiger partial charge in [-0.15, -0.1) is 0 Å². The second-order valence-corrected chi connectivity index (χ2v) is 5.74. The summed E-state index contributed by atoms with van der Waals surface area (Å²) >= 11 is 0. The van der Waals surface area contributed by atoms with Crippen molar-refractivity contribution < 1.29 is 14.6 Å². The molecule has 4 nitrogen and oxygen atoms in total. The van der Waals surface area contributed by atoms with Crippen LogP contribution >= 0.6 is 0 Å². The highest BCUT2D eigenvalue weighted by atomic mass is 16.5. The first-order valence-electron chi connectivity index (χ1n) is 8.33. The van der Waals surface area contributed by atoms with E-state index < -0.39 is 12.1 Å². The average molecular weight is 345 g/mol. The lowest BCUT2D eigenvalue weighted by Gasteiger charge is -2.12. The van der Waals surface area contributed by atoms with E-state index in [0.29, 0.717) is 12.0 Å². The largest absolute Gasteiger partial charge is 0.431 e. The zero-order valence-electron chi connectivity index (χ0n) is 14.2. The molecule has 0 amide bonds. The molecule has 0 saturated heterocycles. The number of aliphatic hydroxyl groups is 1. The van der Waals surface area contributed by atoms with Gasteiger partial charge in [-0.05, 0) is 35.4 Å². The Balaban J connectivity index is 1.68. The van der Waals surface area contributed by atoms with Crippen LogP contribution in [0.15, 0.2) is 85.3 Å². The second-order valence-electron chi connectivity index (χ2n) is 5.74. The maximum absolute atomic E-state index is 12.0. The van der Waals surface area contributed by atoms with E-state index >= 15 is 0 Å². The molecular weight excluding hydrogens is 326 g/mol. The normalized spacial score (nSPS) is 12.0. The van der Waals surface area contributed by atoms with Crippen LogP contribution in [0.4, 0.5) is 0 Å². The molecule has 1 heterocycles. The van der Waals surface area contributed by atoms with Gasteiger partial charge in [0, 0.05) is 12.6 Å². The molecule has 3 rings (SSSR count). The van der Waals surface area contributed by atoms with Crippen molar-refractivity contribution in [2.75, 3.05) is 0 Å². The Bertz CT molecular complexity index is 876. The molecule has 0 aliphatic heterocycles. The summed E-state index contributed by atoms with van der Waals surface area (Å²) in [4.78, 5) is 16.3. The predicted octanol–water partition coefficient (Wildman–Crippen LogP) is 4.19. The van der Waals surface area contributed by atoms with Crippen molar-refractivity contribution in [3.05, 3.63) is 108 Å². The summed E-state index contributed by atoms with van der Waals surface area (Å²) in [5, 5.41) is 10.4. The monoisotopic (exact) mass is 345 g/mol. The summed E-state index contributed by atoms with van der Waals surface area (Å²) in [5.74, 6) is -0.420. The van der Waals surface area contributed by atoms with Crippen LogP contribution < -0.4 is 0 Å². The molecule has 0 spiro atoms. The molecule has 4 heteroatoms. The standard InChI is InChI=1S/C22H19NO3/c24-21(18-8-3-1-4-9-18)16-20-17(12-7-14-23-20)13-15-26-22(25)19-10-5-2-6-11-19/h1-15,21,24H,16H2/b15-13+. The third kappa shape index (κ3) is 4.65. The highest BCUT2D eigenvalue weighted by Crippen LogP contribution is 2.19. The lowest BCUT2D eigenvalue weighted by atomic mass is 10.0. The van der Waals surface area contributed by atoms with Gasteiger partial charge in [-0.3, -0.25) is 4.98 Å². The first-order chi connectivity index (χ1) is 12.7. The van der Waals surface area contributed by atoms with E-state index in [0.717, 1.165) is 16.8 Å². The van der Waals surface area contributed by atoms with E-state index in [4.69, 9.17) is 4.74 Å². The van der Waals surface area contributed by atoms with Crippen molar-refractivity contribution in [3.8, 4) is 0 Å². The number of hydrogen-bond acceptors (Lipinski definition) is 4. The van der Waals surface area contributed by atoms with Crippen LogP contribution in [0.3, 0.4) is 0 Å². The molecule has 0 bridgehead atoms. The van der Waals surface area contributed by atoms with Crippen molar-refractivity contribution in [1.29, 1.82) is 0 Å². The second kappa shape index (κ2) is 8.74. The quantitative estimate of drug-likeness (QED) is 0.538. The Labute approximate surface area is 152 Å². The number of pyridine rings is 1. The molecule has 0 aliphatic carbocycles. The van der Waals surface area contributed by atoms with Gasteiger partial charge in [0.15, 0.2) is 0 Å². The Morgan fingerprint density at radius 1 is 1.00 bits per heavy atom. The van der Waals surface area contributed by atoms with E-state index in [9.17, 15) is 9.90 Å². The molecule has 1 unspecified atom stereocenters. The summed E-state index contributed by atoms with van der Waals surface area (Å²) in [5.41, 5.74) is 2.85. The minimum atomic E-state index is -0.648. The summed E-state index contributed by atoms with van der Waals surface area (Å²) in [6, 6.07) is 21.9. The first-order valence-corrected chi connectivity index (χ1v) is 8.33. The van der Waals surface area contributed by atoms with Crippen LogP contribution in [0.5, 0.6) is 0 Å². The number of hydrogen-bond donors (Lipinski definition) is 1. The molecule has 130 valence electrons. The first kappa shape index (κ1) is 17.6. The Morgan fingerprint density at radius 3 is 2.42 bits per heavy atom. The molecule has 26 heavy (non-hydrogen) atoms. The predicted molar refractivity (Wildman–Crippen MR) is 100 cm³/mol. The van der Waals surface area contributed by atoms with Crippen molar-refractivity contribution in [1.82, 2.24) is 4.98 Å². The van der Waals surface area contributed by atoms with E-state index in [1.807, 2.05) is 42.5 Å².